The molecule has 18 heavy (non-hydrogen) atoms. The van der Waals surface area contributed by atoms with Gasteiger partial charge in [0.05, 0.1) is 5.69 Å². The van der Waals surface area contributed by atoms with Gasteiger partial charge >= 0.3 is 0 Å². The van der Waals surface area contributed by atoms with Gasteiger partial charge in [-0.1, -0.05) is 18.2 Å². The van der Waals surface area contributed by atoms with E-state index in [1.165, 1.54) is 6.07 Å². The van der Waals surface area contributed by atoms with E-state index in [0.29, 0.717) is 6.42 Å². The van der Waals surface area contributed by atoms with Gasteiger partial charge in [0.2, 0.25) is 0 Å². The lowest BCUT2D eigenvalue weighted by Gasteiger charge is -2.07. The second-order valence-electron chi connectivity index (χ2n) is 4.16. The summed E-state index contributed by atoms with van der Waals surface area (Å²) in [4.78, 5) is 0. The van der Waals surface area contributed by atoms with Crippen molar-refractivity contribution in [3.8, 4) is 0 Å². The van der Waals surface area contributed by atoms with Crippen LogP contribution in [-0.2, 0) is 19.5 Å². The van der Waals surface area contributed by atoms with Crippen LogP contribution in [-0.4, -0.2) is 16.3 Å². The molecule has 0 aliphatic heterocycles. The van der Waals surface area contributed by atoms with E-state index in [1.54, 1.807) is 12.3 Å². The van der Waals surface area contributed by atoms with Crippen LogP contribution in [0.3, 0.4) is 0 Å². The Morgan fingerprint density at radius 1 is 1.28 bits per heavy atom. The summed E-state index contributed by atoms with van der Waals surface area (Å²) in [7, 11) is 0. The SMILES string of the molecule is CCn1nccc1CNCCc1ccccc1F. The maximum absolute atomic E-state index is 13.4. The fourth-order valence-electron chi connectivity index (χ4n) is 1.94. The van der Waals surface area contributed by atoms with Crippen molar-refractivity contribution in [2.45, 2.75) is 26.4 Å². The standard InChI is InChI=1S/C14H18FN3/c1-2-18-13(8-10-17-18)11-16-9-7-12-5-3-4-6-14(12)15/h3-6,8,10,16H,2,7,9,11H2,1H3. The molecule has 0 fully saturated rings. The Labute approximate surface area is 107 Å². The summed E-state index contributed by atoms with van der Waals surface area (Å²) >= 11 is 0. The largest absolute Gasteiger partial charge is 0.311 e. The quantitative estimate of drug-likeness (QED) is 0.794. The molecule has 1 N–H and O–H groups in total. The third kappa shape index (κ3) is 3.17. The number of rotatable bonds is 6. The zero-order chi connectivity index (χ0) is 12.8. The van der Waals surface area contributed by atoms with Gasteiger partial charge in [0, 0.05) is 19.3 Å². The number of nitrogens with zero attached hydrogens (tertiary/aromatic N) is 2. The second kappa shape index (κ2) is 6.31. The summed E-state index contributed by atoms with van der Waals surface area (Å²) in [5, 5.41) is 7.51. The van der Waals surface area contributed by atoms with Crippen molar-refractivity contribution in [3.63, 3.8) is 0 Å². The first-order valence-corrected chi connectivity index (χ1v) is 6.26. The van der Waals surface area contributed by atoms with Gasteiger partial charge in [0.15, 0.2) is 0 Å². The topological polar surface area (TPSA) is 29.9 Å². The van der Waals surface area contributed by atoms with Gasteiger partial charge in [-0.15, -0.1) is 0 Å². The lowest BCUT2D eigenvalue weighted by Crippen LogP contribution is -2.19. The summed E-state index contributed by atoms with van der Waals surface area (Å²) < 4.78 is 15.3. The highest BCUT2D eigenvalue weighted by Crippen LogP contribution is 2.06. The smallest absolute Gasteiger partial charge is 0.126 e. The molecule has 0 bridgehead atoms. The molecule has 1 aromatic carbocycles. The average Bonchev–Trinajstić information content (AvgIpc) is 2.84. The Balaban J connectivity index is 1.78. The Hall–Kier alpha value is -1.68. The van der Waals surface area contributed by atoms with Crippen LogP contribution in [0.2, 0.25) is 0 Å². The van der Waals surface area contributed by atoms with Crippen LogP contribution in [0.1, 0.15) is 18.2 Å². The van der Waals surface area contributed by atoms with Gasteiger partial charge in [-0.05, 0) is 37.6 Å². The van der Waals surface area contributed by atoms with Crippen LogP contribution in [0.15, 0.2) is 36.5 Å². The molecule has 0 unspecified atom stereocenters. The van der Waals surface area contributed by atoms with Crippen LogP contribution in [0.25, 0.3) is 0 Å². The third-order valence-corrected chi connectivity index (χ3v) is 2.94. The van der Waals surface area contributed by atoms with Gasteiger partial charge in [0.1, 0.15) is 5.82 Å². The molecule has 0 aliphatic rings. The van der Waals surface area contributed by atoms with Gasteiger partial charge in [0.25, 0.3) is 0 Å². The van der Waals surface area contributed by atoms with E-state index in [4.69, 9.17) is 0 Å². The van der Waals surface area contributed by atoms with Gasteiger partial charge in [-0.2, -0.15) is 5.10 Å². The van der Waals surface area contributed by atoms with E-state index in [9.17, 15) is 4.39 Å². The van der Waals surface area contributed by atoms with Crippen LogP contribution >= 0.6 is 0 Å². The highest BCUT2D eigenvalue weighted by Gasteiger charge is 2.02. The van der Waals surface area contributed by atoms with Crippen molar-refractivity contribution in [2.75, 3.05) is 6.54 Å². The zero-order valence-electron chi connectivity index (χ0n) is 10.6. The molecular weight excluding hydrogens is 229 g/mol. The third-order valence-electron chi connectivity index (χ3n) is 2.94. The number of benzene rings is 1. The summed E-state index contributed by atoms with van der Waals surface area (Å²) in [6, 6.07) is 8.91. The second-order valence-corrected chi connectivity index (χ2v) is 4.16. The Morgan fingerprint density at radius 3 is 2.89 bits per heavy atom. The normalized spacial score (nSPS) is 10.8. The van der Waals surface area contributed by atoms with E-state index >= 15 is 0 Å². The fourth-order valence-corrected chi connectivity index (χ4v) is 1.94. The van der Waals surface area contributed by atoms with E-state index in [1.807, 2.05) is 22.9 Å². The Kier molecular flexibility index (Phi) is 4.47. The molecule has 2 rings (SSSR count). The van der Waals surface area contributed by atoms with Crippen LogP contribution in [0.5, 0.6) is 0 Å². The van der Waals surface area contributed by atoms with Crippen molar-refractivity contribution in [1.82, 2.24) is 15.1 Å². The van der Waals surface area contributed by atoms with E-state index in [0.717, 1.165) is 30.9 Å². The number of hydrogen-bond donors (Lipinski definition) is 1. The average molecular weight is 247 g/mol. The molecule has 0 atom stereocenters. The summed E-state index contributed by atoms with van der Waals surface area (Å²) in [5.41, 5.74) is 1.92. The lowest BCUT2D eigenvalue weighted by molar-refractivity contribution is 0.571. The maximum Gasteiger partial charge on any atom is 0.126 e. The van der Waals surface area contributed by atoms with Crippen molar-refractivity contribution in [1.29, 1.82) is 0 Å². The molecule has 4 heteroatoms. The summed E-state index contributed by atoms with van der Waals surface area (Å²) in [6.45, 7) is 4.46. The van der Waals surface area contributed by atoms with Gasteiger partial charge in [-0.25, -0.2) is 4.39 Å². The number of aromatic nitrogens is 2. The molecule has 96 valence electrons. The molecule has 0 radical (unpaired) electrons. The summed E-state index contributed by atoms with van der Waals surface area (Å²) in [5.74, 6) is -0.127. The minimum Gasteiger partial charge on any atom is -0.311 e. The van der Waals surface area contributed by atoms with Crippen LogP contribution < -0.4 is 5.32 Å². The van der Waals surface area contributed by atoms with Crippen molar-refractivity contribution in [2.24, 2.45) is 0 Å². The molecule has 0 saturated carbocycles. The minimum absolute atomic E-state index is 0.127. The minimum atomic E-state index is -0.127. The first-order valence-electron chi connectivity index (χ1n) is 6.26. The van der Waals surface area contributed by atoms with Crippen LogP contribution in [0.4, 0.5) is 4.39 Å². The van der Waals surface area contributed by atoms with Gasteiger partial charge < -0.3 is 5.32 Å². The molecule has 0 saturated heterocycles. The molecule has 1 heterocycles. The van der Waals surface area contributed by atoms with E-state index < -0.39 is 0 Å². The monoisotopic (exact) mass is 247 g/mol. The highest BCUT2D eigenvalue weighted by molar-refractivity contribution is 5.17. The van der Waals surface area contributed by atoms with Crippen molar-refractivity contribution >= 4 is 0 Å². The fraction of sp³-hybridized carbons (Fsp3) is 0.357. The maximum atomic E-state index is 13.4. The first-order chi connectivity index (χ1) is 8.81. The highest BCUT2D eigenvalue weighted by atomic mass is 19.1. The molecule has 2 aromatic rings. The number of hydrogen-bond acceptors (Lipinski definition) is 2. The van der Waals surface area contributed by atoms with Crippen LogP contribution in [0, 0.1) is 5.82 Å². The van der Waals surface area contributed by atoms with Crippen molar-refractivity contribution < 1.29 is 4.39 Å². The number of nitrogens with one attached hydrogen (secondary N) is 1. The van der Waals surface area contributed by atoms with E-state index in [2.05, 4.69) is 17.3 Å². The molecule has 1 aromatic heterocycles. The Bertz CT molecular complexity index is 493. The number of aryl methyl sites for hydroxylation is 1. The lowest BCUT2D eigenvalue weighted by atomic mass is 10.1. The van der Waals surface area contributed by atoms with Crippen molar-refractivity contribution in [3.05, 3.63) is 53.6 Å². The predicted octanol–water partition coefficient (Wildman–Crippen LogP) is 2.37. The summed E-state index contributed by atoms with van der Waals surface area (Å²) in [6.07, 6.45) is 2.50. The Morgan fingerprint density at radius 2 is 2.11 bits per heavy atom. The molecule has 0 aliphatic carbocycles. The number of halogens is 1. The molecular formula is C14H18FN3. The molecule has 3 nitrogen and oxygen atoms in total. The van der Waals surface area contributed by atoms with E-state index in [-0.39, 0.29) is 5.82 Å². The van der Waals surface area contributed by atoms with Gasteiger partial charge in [-0.3, -0.25) is 4.68 Å². The predicted molar refractivity (Wildman–Crippen MR) is 69.7 cm³/mol. The molecule has 0 spiro atoms. The zero-order valence-corrected chi connectivity index (χ0v) is 10.6. The molecule has 0 amide bonds. The first kappa shape index (κ1) is 12.8.